The molecule has 0 aliphatic heterocycles. The van der Waals surface area contributed by atoms with Crippen LogP contribution in [0.3, 0.4) is 0 Å². The summed E-state index contributed by atoms with van der Waals surface area (Å²) in [7, 11) is 0. The van der Waals surface area contributed by atoms with Gasteiger partial charge < -0.3 is 5.32 Å². The maximum Gasteiger partial charge on any atom is 0.0976 e. The van der Waals surface area contributed by atoms with Crippen LogP contribution in [0.25, 0.3) is 0 Å². The molecule has 4 heteroatoms. The molecule has 0 aliphatic carbocycles. The Kier molecular flexibility index (Phi) is 4.92. The van der Waals surface area contributed by atoms with Crippen molar-refractivity contribution < 1.29 is 0 Å². The lowest BCUT2D eigenvalue weighted by Crippen LogP contribution is -2.08. The Balaban J connectivity index is 2.80. The highest BCUT2D eigenvalue weighted by molar-refractivity contribution is 6.39. The summed E-state index contributed by atoms with van der Waals surface area (Å²) in [6.07, 6.45) is 1.02. The van der Waals surface area contributed by atoms with Crippen molar-refractivity contribution in [3.05, 3.63) is 28.2 Å². The summed E-state index contributed by atoms with van der Waals surface area (Å²) in [5, 5.41) is 4.31. The van der Waals surface area contributed by atoms with Crippen LogP contribution < -0.4 is 5.32 Å². The summed E-state index contributed by atoms with van der Waals surface area (Å²) in [6, 6.07) is 5.40. The number of aliphatic imine (C=N–C) groups is 1. The first-order valence-electron chi connectivity index (χ1n) is 4.87. The first-order valence-corrected chi connectivity index (χ1v) is 5.62. The summed E-state index contributed by atoms with van der Waals surface area (Å²) < 4.78 is 0. The van der Waals surface area contributed by atoms with Crippen LogP contribution in [-0.4, -0.2) is 12.4 Å². The molecule has 0 saturated heterocycles. The molecule has 0 atom stereocenters. The molecular weight excluding hydrogens is 231 g/mol. The van der Waals surface area contributed by atoms with Gasteiger partial charge in [0.25, 0.3) is 0 Å². The van der Waals surface area contributed by atoms with Gasteiger partial charge in [0.2, 0.25) is 0 Å². The molecule has 1 aromatic carbocycles. The Labute approximate surface area is 100 Å². The number of benzene rings is 1. The Hall–Kier alpha value is -0.730. The molecule has 15 heavy (non-hydrogen) atoms. The van der Waals surface area contributed by atoms with Crippen LogP contribution in [0.1, 0.15) is 20.3 Å². The number of rotatable bonds is 3. The van der Waals surface area contributed by atoms with Gasteiger partial charge in [-0.2, -0.15) is 0 Å². The van der Waals surface area contributed by atoms with Gasteiger partial charge in [-0.15, -0.1) is 0 Å². The highest BCUT2D eigenvalue weighted by Gasteiger charge is 2.04. The van der Waals surface area contributed by atoms with E-state index in [-0.39, 0.29) is 0 Å². The number of nitrogens with zero attached hydrogens (tertiary/aromatic N) is 1. The third-order valence-corrected chi connectivity index (χ3v) is 2.47. The van der Waals surface area contributed by atoms with Crippen molar-refractivity contribution in [1.29, 1.82) is 0 Å². The first kappa shape index (κ1) is 12.3. The number of nitrogens with one attached hydrogen (secondary N) is 1. The van der Waals surface area contributed by atoms with E-state index in [1.165, 1.54) is 0 Å². The van der Waals surface area contributed by atoms with E-state index in [0.717, 1.165) is 24.5 Å². The van der Waals surface area contributed by atoms with Gasteiger partial charge in [0.1, 0.15) is 0 Å². The summed E-state index contributed by atoms with van der Waals surface area (Å²) in [4.78, 5) is 4.31. The van der Waals surface area contributed by atoms with Gasteiger partial charge in [-0.05, 0) is 25.5 Å². The lowest BCUT2D eigenvalue weighted by Gasteiger charge is -2.09. The van der Waals surface area contributed by atoms with Crippen molar-refractivity contribution in [3.8, 4) is 0 Å². The minimum absolute atomic E-state index is 0.605. The minimum Gasteiger partial charge on any atom is -0.342 e. The van der Waals surface area contributed by atoms with Gasteiger partial charge in [0.05, 0.1) is 21.6 Å². The molecule has 2 nitrogen and oxygen atoms in total. The summed E-state index contributed by atoms with van der Waals surface area (Å²) >= 11 is 12.0. The van der Waals surface area contributed by atoms with E-state index in [4.69, 9.17) is 23.2 Å². The molecule has 0 spiro atoms. The third-order valence-electron chi connectivity index (χ3n) is 1.84. The van der Waals surface area contributed by atoms with Crippen LogP contribution in [0.5, 0.6) is 0 Å². The van der Waals surface area contributed by atoms with E-state index in [1.807, 2.05) is 13.0 Å². The van der Waals surface area contributed by atoms with Gasteiger partial charge in [-0.1, -0.05) is 36.2 Å². The van der Waals surface area contributed by atoms with Crippen LogP contribution in [-0.2, 0) is 0 Å². The number of hydrogen-bond donors (Lipinski definition) is 1. The first-order chi connectivity index (χ1) is 7.15. The number of halogens is 2. The second kappa shape index (κ2) is 5.99. The smallest absolute Gasteiger partial charge is 0.0976 e. The minimum atomic E-state index is 0.605. The molecule has 0 saturated carbocycles. The van der Waals surface area contributed by atoms with Crippen LogP contribution in [0, 0.1) is 0 Å². The molecule has 1 N–H and O–H groups in total. The number of hydrogen-bond acceptors (Lipinski definition) is 1. The zero-order chi connectivity index (χ0) is 11.3. The molecular formula is C11H14Cl2N2. The van der Waals surface area contributed by atoms with Crippen molar-refractivity contribution in [3.63, 3.8) is 0 Å². The number of anilines is 1. The molecule has 0 aliphatic rings. The van der Waals surface area contributed by atoms with Crippen molar-refractivity contribution in [2.75, 3.05) is 11.9 Å². The van der Waals surface area contributed by atoms with E-state index in [1.54, 1.807) is 12.1 Å². The fourth-order valence-corrected chi connectivity index (χ4v) is 1.61. The lowest BCUT2D eigenvalue weighted by molar-refractivity contribution is 0.931. The van der Waals surface area contributed by atoms with Gasteiger partial charge in [0.15, 0.2) is 0 Å². The largest absolute Gasteiger partial charge is 0.342 e. The standard InChI is InChI=1S/C11H14Cl2N2/c1-3-7-14-8(2)15-11-9(12)5-4-6-10(11)13/h4-6H,3,7H2,1-2H3,(H,14,15). The molecule has 0 unspecified atom stereocenters. The van der Waals surface area contributed by atoms with Crippen LogP contribution in [0.4, 0.5) is 5.69 Å². The van der Waals surface area contributed by atoms with Gasteiger partial charge in [0, 0.05) is 6.54 Å². The van der Waals surface area contributed by atoms with Crippen molar-refractivity contribution in [2.24, 2.45) is 4.99 Å². The average Bonchev–Trinajstić information content (AvgIpc) is 2.21. The molecule has 0 radical (unpaired) electrons. The molecule has 0 amide bonds. The van der Waals surface area contributed by atoms with Gasteiger partial charge >= 0.3 is 0 Å². The average molecular weight is 245 g/mol. The van der Waals surface area contributed by atoms with Crippen molar-refractivity contribution in [1.82, 2.24) is 0 Å². The third kappa shape index (κ3) is 3.73. The number of amidine groups is 1. The monoisotopic (exact) mass is 244 g/mol. The molecule has 1 rings (SSSR count). The second-order valence-corrected chi connectivity index (χ2v) is 4.00. The van der Waals surface area contributed by atoms with E-state index in [9.17, 15) is 0 Å². The predicted molar refractivity (Wildman–Crippen MR) is 68.4 cm³/mol. The maximum atomic E-state index is 6.01. The van der Waals surface area contributed by atoms with Gasteiger partial charge in [-0.25, -0.2) is 0 Å². The molecule has 0 aromatic heterocycles. The van der Waals surface area contributed by atoms with Crippen LogP contribution in [0.2, 0.25) is 10.0 Å². The van der Waals surface area contributed by atoms with E-state index in [2.05, 4.69) is 17.2 Å². The van der Waals surface area contributed by atoms with Gasteiger partial charge in [-0.3, -0.25) is 4.99 Å². The van der Waals surface area contributed by atoms with E-state index < -0.39 is 0 Å². The maximum absolute atomic E-state index is 6.01. The summed E-state index contributed by atoms with van der Waals surface area (Å²) in [5.74, 6) is 0.826. The molecule has 1 aromatic rings. The quantitative estimate of drug-likeness (QED) is 0.625. The molecule has 0 bridgehead atoms. The fraction of sp³-hybridized carbons (Fsp3) is 0.364. The van der Waals surface area contributed by atoms with Crippen molar-refractivity contribution >= 4 is 34.7 Å². The summed E-state index contributed by atoms with van der Waals surface area (Å²) in [6.45, 7) is 4.79. The van der Waals surface area contributed by atoms with Crippen LogP contribution >= 0.6 is 23.2 Å². The topological polar surface area (TPSA) is 24.4 Å². The van der Waals surface area contributed by atoms with Crippen molar-refractivity contribution in [2.45, 2.75) is 20.3 Å². The molecule has 0 heterocycles. The summed E-state index contributed by atoms with van der Waals surface area (Å²) in [5.41, 5.74) is 0.721. The zero-order valence-corrected chi connectivity index (χ0v) is 10.4. The Morgan fingerprint density at radius 3 is 2.47 bits per heavy atom. The zero-order valence-electron chi connectivity index (χ0n) is 8.85. The lowest BCUT2D eigenvalue weighted by atomic mass is 10.3. The highest BCUT2D eigenvalue weighted by Crippen LogP contribution is 2.29. The molecule has 0 fully saturated rings. The second-order valence-electron chi connectivity index (χ2n) is 3.19. The van der Waals surface area contributed by atoms with E-state index >= 15 is 0 Å². The predicted octanol–water partition coefficient (Wildman–Crippen LogP) is 4.23. The Bertz CT molecular complexity index is 341. The van der Waals surface area contributed by atoms with E-state index in [0.29, 0.717) is 10.0 Å². The SMILES string of the molecule is CCCN=C(C)Nc1c(Cl)cccc1Cl. The Morgan fingerprint density at radius 1 is 1.33 bits per heavy atom. The fourth-order valence-electron chi connectivity index (χ4n) is 1.12. The van der Waals surface area contributed by atoms with Crippen LogP contribution in [0.15, 0.2) is 23.2 Å². The highest BCUT2D eigenvalue weighted by atomic mass is 35.5. The molecule has 82 valence electrons. The Morgan fingerprint density at radius 2 is 1.93 bits per heavy atom. The normalized spacial score (nSPS) is 11.6. The number of para-hydroxylation sites is 1.